The normalized spacial score (nSPS) is 12.5. The Labute approximate surface area is 198 Å². The predicted molar refractivity (Wildman–Crippen MR) is 138 cm³/mol. The molecule has 156 valence electrons. The lowest BCUT2D eigenvalue weighted by Gasteiger charge is -2.11. The van der Waals surface area contributed by atoms with Crippen molar-refractivity contribution in [1.82, 2.24) is 14.0 Å². The SMILES string of the molecule is Cc1cc2nc3s/c(=C/c4cc(C)n(-c5ccc(I)c(C)c5)c4C)c(=O)n3c2cc1C. The van der Waals surface area contributed by atoms with Gasteiger partial charge in [-0.15, -0.1) is 0 Å². The van der Waals surface area contributed by atoms with Gasteiger partial charge >= 0.3 is 0 Å². The van der Waals surface area contributed by atoms with Crippen molar-refractivity contribution in [1.29, 1.82) is 0 Å². The molecular weight excluding hydrogens is 517 g/mol. The molecule has 0 atom stereocenters. The largest absolute Gasteiger partial charge is 0.318 e. The molecule has 4 nitrogen and oxygen atoms in total. The van der Waals surface area contributed by atoms with Crippen LogP contribution in [0.15, 0.2) is 41.2 Å². The van der Waals surface area contributed by atoms with Crippen LogP contribution in [0.3, 0.4) is 0 Å². The summed E-state index contributed by atoms with van der Waals surface area (Å²) in [5.41, 5.74) is 9.87. The first-order valence-electron chi connectivity index (χ1n) is 10.1. The van der Waals surface area contributed by atoms with E-state index in [1.54, 1.807) is 4.40 Å². The van der Waals surface area contributed by atoms with Crippen molar-refractivity contribution in [3.8, 4) is 5.69 Å². The van der Waals surface area contributed by atoms with Crippen LogP contribution in [0.25, 0.3) is 27.8 Å². The van der Waals surface area contributed by atoms with Crippen molar-refractivity contribution >= 4 is 56.0 Å². The zero-order valence-electron chi connectivity index (χ0n) is 18.1. The summed E-state index contributed by atoms with van der Waals surface area (Å²) < 4.78 is 5.97. The first-order chi connectivity index (χ1) is 14.7. The Hall–Kier alpha value is -2.45. The standard InChI is InChI=1S/C25H22IN3OS/c1-13-9-21-22(10-14(13)2)29-24(30)23(31-25(29)27-21)12-18-11-16(4)28(17(18)5)19-6-7-20(26)15(3)8-19/h6-12H,1-5H3/b23-12+. The van der Waals surface area contributed by atoms with Gasteiger partial charge in [0.05, 0.1) is 15.6 Å². The number of aromatic nitrogens is 3. The average Bonchev–Trinajstić information content (AvgIpc) is 3.30. The minimum atomic E-state index is 0.000616. The molecule has 0 saturated carbocycles. The van der Waals surface area contributed by atoms with Crippen LogP contribution in [-0.4, -0.2) is 14.0 Å². The Balaban J connectivity index is 1.69. The van der Waals surface area contributed by atoms with E-state index in [9.17, 15) is 4.79 Å². The molecule has 0 aliphatic heterocycles. The number of hydrogen-bond donors (Lipinski definition) is 0. The third-order valence-corrected chi connectivity index (χ3v) is 8.19. The zero-order valence-corrected chi connectivity index (χ0v) is 21.1. The molecule has 0 N–H and O–H groups in total. The van der Waals surface area contributed by atoms with E-state index in [-0.39, 0.29) is 5.56 Å². The first-order valence-corrected chi connectivity index (χ1v) is 12.0. The highest BCUT2D eigenvalue weighted by atomic mass is 127. The summed E-state index contributed by atoms with van der Waals surface area (Å²) >= 11 is 3.81. The summed E-state index contributed by atoms with van der Waals surface area (Å²) in [5, 5.41) is 0. The number of aryl methyl sites for hydroxylation is 4. The molecule has 0 radical (unpaired) electrons. The van der Waals surface area contributed by atoms with E-state index in [0.717, 1.165) is 38.6 Å². The molecule has 0 aliphatic rings. The van der Waals surface area contributed by atoms with E-state index in [4.69, 9.17) is 4.98 Å². The van der Waals surface area contributed by atoms with Crippen molar-refractivity contribution < 1.29 is 0 Å². The number of hydrogen-bond acceptors (Lipinski definition) is 3. The fourth-order valence-electron chi connectivity index (χ4n) is 4.16. The lowest BCUT2D eigenvalue weighted by molar-refractivity contribution is 0.961. The van der Waals surface area contributed by atoms with E-state index in [1.807, 2.05) is 6.08 Å². The molecule has 0 fully saturated rings. The van der Waals surface area contributed by atoms with Crippen LogP contribution in [-0.2, 0) is 0 Å². The molecule has 0 unspecified atom stereocenters. The molecule has 5 aromatic rings. The van der Waals surface area contributed by atoms with Gasteiger partial charge in [-0.1, -0.05) is 11.3 Å². The van der Waals surface area contributed by atoms with Gasteiger partial charge in [0, 0.05) is 20.6 Å². The van der Waals surface area contributed by atoms with Crippen molar-refractivity contribution in [2.24, 2.45) is 0 Å². The highest BCUT2D eigenvalue weighted by Crippen LogP contribution is 2.24. The Bertz CT molecular complexity index is 1620. The second-order valence-corrected chi connectivity index (χ2v) is 10.3. The maximum atomic E-state index is 13.3. The Morgan fingerprint density at radius 3 is 2.45 bits per heavy atom. The minimum absolute atomic E-state index is 0.000616. The minimum Gasteiger partial charge on any atom is -0.318 e. The fraction of sp³-hybridized carbons (Fsp3) is 0.200. The number of fused-ring (bicyclic) bond motifs is 3. The molecule has 0 bridgehead atoms. The molecule has 0 amide bonds. The second-order valence-electron chi connectivity index (χ2n) is 8.17. The number of nitrogens with zero attached hydrogens (tertiary/aromatic N) is 3. The van der Waals surface area contributed by atoms with Gasteiger partial charge in [0.1, 0.15) is 0 Å². The molecule has 2 aromatic carbocycles. The Kier molecular flexibility index (Phi) is 4.82. The molecule has 31 heavy (non-hydrogen) atoms. The lowest BCUT2D eigenvalue weighted by Crippen LogP contribution is -2.22. The molecule has 0 saturated heterocycles. The van der Waals surface area contributed by atoms with Gasteiger partial charge in [-0.3, -0.25) is 4.79 Å². The summed E-state index contributed by atoms with van der Waals surface area (Å²) in [5.74, 6) is 0. The second kappa shape index (κ2) is 7.31. The van der Waals surface area contributed by atoms with Crippen LogP contribution in [0.1, 0.15) is 33.6 Å². The van der Waals surface area contributed by atoms with E-state index in [1.165, 1.54) is 31.6 Å². The topological polar surface area (TPSA) is 39.3 Å². The van der Waals surface area contributed by atoms with Gasteiger partial charge in [0.2, 0.25) is 0 Å². The van der Waals surface area contributed by atoms with Gasteiger partial charge in [-0.2, -0.15) is 0 Å². The van der Waals surface area contributed by atoms with Crippen LogP contribution in [0.2, 0.25) is 0 Å². The highest BCUT2D eigenvalue weighted by molar-refractivity contribution is 14.1. The molecular formula is C25H22IN3OS. The van der Waals surface area contributed by atoms with Crippen molar-refractivity contribution in [3.63, 3.8) is 0 Å². The van der Waals surface area contributed by atoms with Crippen LogP contribution in [0.5, 0.6) is 0 Å². The van der Waals surface area contributed by atoms with Gasteiger partial charge in [-0.25, -0.2) is 9.38 Å². The molecule has 5 rings (SSSR count). The fourth-order valence-corrected chi connectivity index (χ4v) is 5.47. The van der Waals surface area contributed by atoms with E-state index in [0.29, 0.717) is 4.53 Å². The Morgan fingerprint density at radius 1 is 0.968 bits per heavy atom. The summed E-state index contributed by atoms with van der Waals surface area (Å²) in [6.07, 6.45) is 2.01. The highest BCUT2D eigenvalue weighted by Gasteiger charge is 2.14. The van der Waals surface area contributed by atoms with E-state index < -0.39 is 0 Å². The van der Waals surface area contributed by atoms with Crippen LogP contribution in [0.4, 0.5) is 0 Å². The summed E-state index contributed by atoms with van der Waals surface area (Å²) in [6, 6.07) is 12.8. The maximum absolute atomic E-state index is 13.3. The van der Waals surface area contributed by atoms with Gasteiger partial charge < -0.3 is 4.57 Å². The van der Waals surface area contributed by atoms with Gasteiger partial charge in [-0.05, 0) is 122 Å². The summed E-state index contributed by atoms with van der Waals surface area (Å²) in [7, 11) is 0. The van der Waals surface area contributed by atoms with E-state index in [2.05, 4.69) is 98.2 Å². The zero-order chi connectivity index (χ0) is 22.0. The monoisotopic (exact) mass is 539 g/mol. The number of benzene rings is 2. The van der Waals surface area contributed by atoms with Crippen molar-refractivity contribution in [2.75, 3.05) is 0 Å². The molecule has 3 heterocycles. The maximum Gasteiger partial charge on any atom is 0.274 e. The van der Waals surface area contributed by atoms with Crippen molar-refractivity contribution in [2.45, 2.75) is 34.6 Å². The summed E-state index contributed by atoms with van der Waals surface area (Å²) in [6.45, 7) is 10.5. The van der Waals surface area contributed by atoms with Gasteiger partial charge in [0.15, 0.2) is 4.96 Å². The Morgan fingerprint density at radius 2 is 1.71 bits per heavy atom. The summed E-state index contributed by atoms with van der Waals surface area (Å²) in [4.78, 5) is 18.7. The molecule has 3 aromatic heterocycles. The van der Waals surface area contributed by atoms with Crippen LogP contribution in [0, 0.1) is 38.2 Å². The molecule has 0 spiro atoms. The number of rotatable bonds is 2. The van der Waals surface area contributed by atoms with Crippen LogP contribution >= 0.6 is 33.9 Å². The predicted octanol–water partition coefficient (Wildman–Crippen LogP) is 5.39. The first kappa shape index (κ1) is 20.5. The molecule has 0 aliphatic carbocycles. The average molecular weight is 539 g/mol. The quantitative estimate of drug-likeness (QED) is 0.282. The van der Waals surface area contributed by atoms with E-state index >= 15 is 0 Å². The van der Waals surface area contributed by atoms with Gasteiger partial charge in [0.25, 0.3) is 5.56 Å². The van der Waals surface area contributed by atoms with Crippen LogP contribution < -0.4 is 10.1 Å². The number of thiazole rings is 1. The molecule has 6 heteroatoms. The third-order valence-electron chi connectivity index (χ3n) is 6.01. The third kappa shape index (κ3) is 3.24. The smallest absolute Gasteiger partial charge is 0.274 e. The number of halogens is 1. The van der Waals surface area contributed by atoms with Crippen molar-refractivity contribution in [3.05, 3.63) is 88.5 Å². The number of imidazole rings is 1. The lowest BCUT2D eigenvalue weighted by atomic mass is 10.1.